The lowest BCUT2D eigenvalue weighted by molar-refractivity contribution is -0.192. The molecule has 1 heterocycles. The predicted octanol–water partition coefficient (Wildman–Crippen LogP) is 3.66. The Kier molecular flexibility index (Phi) is 6.75. The fourth-order valence-corrected chi connectivity index (χ4v) is 3.58. The number of carboxylic acids is 1. The van der Waals surface area contributed by atoms with Crippen LogP contribution in [-0.2, 0) is 26.0 Å². The summed E-state index contributed by atoms with van der Waals surface area (Å²) in [5.41, 5.74) is 1.88. The Balaban J connectivity index is 0.000000370. The fourth-order valence-electron chi connectivity index (χ4n) is 2.29. The number of anilines is 2. The van der Waals surface area contributed by atoms with Crippen LogP contribution in [0.3, 0.4) is 0 Å². The van der Waals surface area contributed by atoms with Crippen molar-refractivity contribution in [1.29, 1.82) is 0 Å². The molecule has 0 aromatic heterocycles. The van der Waals surface area contributed by atoms with Gasteiger partial charge in [-0.3, -0.25) is 9.52 Å². The summed E-state index contributed by atoms with van der Waals surface area (Å²) in [5, 5.41) is 10.3. The van der Waals surface area contributed by atoms with E-state index in [4.69, 9.17) is 21.5 Å². The minimum Gasteiger partial charge on any atom is -0.475 e. The minimum absolute atomic E-state index is 0.0554. The molecule has 29 heavy (non-hydrogen) atoms. The molecule has 0 aliphatic carbocycles. The van der Waals surface area contributed by atoms with Crippen molar-refractivity contribution >= 4 is 44.9 Å². The van der Waals surface area contributed by atoms with Crippen molar-refractivity contribution in [3.63, 3.8) is 0 Å². The largest absolute Gasteiger partial charge is 0.490 e. The Morgan fingerprint density at radius 3 is 2.38 bits per heavy atom. The van der Waals surface area contributed by atoms with Crippen molar-refractivity contribution in [2.24, 2.45) is 0 Å². The first-order chi connectivity index (χ1) is 13.4. The van der Waals surface area contributed by atoms with E-state index in [-0.39, 0.29) is 10.8 Å². The van der Waals surface area contributed by atoms with Gasteiger partial charge in [0, 0.05) is 17.1 Å². The molecule has 3 N–H and O–H groups in total. The number of aryl methyl sites for hydroxylation is 1. The van der Waals surface area contributed by atoms with Crippen LogP contribution in [0.4, 0.5) is 24.5 Å². The second kappa shape index (κ2) is 8.70. The Labute approximate surface area is 168 Å². The van der Waals surface area contributed by atoms with Gasteiger partial charge < -0.3 is 10.4 Å². The summed E-state index contributed by atoms with van der Waals surface area (Å²) in [4.78, 5) is 20.4. The van der Waals surface area contributed by atoms with Crippen molar-refractivity contribution in [2.75, 3.05) is 10.0 Å². The molecule has 12 heteroatoms. The second-order valence-corrected chi connectivity index (χ2v) is 7.90. The van der Waals surface area contributed by atoms with Gasteiger partial charge in [-0.1, -0.05) is 17.7 Å². The molecule has 2 aromatic rings. The molecule has 0 bridgehead atoms. The maximum absolute atomic E-state index is 12.4. The van der Waals surface area contributed by atoms with Crippen LogP contribution in [0.25, 0.3) is 0 Å². The van der Waals surface area contributed by atoms with Gasteiger partial charge >= 0.3 is 12.1 Å². The first-order valence-electron chi connectivity index (χ1n) is 7.90. The summed E-state index contributed by atoms with van der Waals surface area (Å²) < 4.78 is 59.1. The van der Waals surface area contributed by atoms with Crippen LogP contribution in [0.2, 0.25) is 5.02 Å². The highest BCUT2D eigenvalue weighted by molar-refractivity contribution is 7.92. The number of rotatable bonds is 3. The van der Waals surface area contributed by atoms with Gasteiger partial charge in [0.15, 0.2) is 0 Å². The molecule has 1 amide bonds. The summed E-state index contributed by atoms with van der Waals surface area (Å²) in [6.07, 6.45) is -4.19. The molecule has 0 unspecified atom stereocenters. The van der Waals surface area contributed by atoms with E-state index in [9.17, 15) is 26.4 Å². The van der Waals surface area contributed by atoms with Gasteiger partial charge in [0.1, 0.15) is 0 Å². The number of fused-ring (bicyclic) bond motifs is 1. The molecular weight excluding hydrogens is 437 g/mol. The number of hydrogen-bond donors (Lipinski definition) is 3. The highest BCUT2D eigenvalue weighted by Crippen LogP contribution is 2.27. The second-order valence-electron chi connectivity index (χ2n) is 5.79. The molecule has 156 valence electrons. The molecule has 1 aliphatic rings. The van der Waals surface area contributed by atoms with Crippen molar-refractivity contribution in [2.45, 2.75) is 23.9 Å². The molecule has 1 aliphatic heterocycles. The van der Waals surface area contributed by atoms with E-state index >= 15 is 0 Å². The summed E-state index contributed by atoms with van der Waals surface area (Å²) in [5.74, 6) is -2.81. The van der Waals surface area contributed by atoms with Crippen LogP contribution in [0, 0.1) is 0 Å². The zero-order valence-electron chi connectivity index (χ0n) is 14.5. The van der Waals surface area contributed by atoms with E-state index in [1.54, 1.807) is 30.3 Å². The van der Waals surface area contributed by atoms with Crippen LogP contribution in [-0.4, -0.2) is 31.6 Å². The maximum Gasteiger partial charge on any atom is 0.490 e. The smallest absolute Gasteiger partial charge is 0.475 e. The quantitative estimate of drug-likeness (QED) is 0.660. The van der Waals surface area contributed by atoms with Gasteiger partial charge in [-0.05, 0) is 48.4 Å². The molecule has 0 spiro atoms. The van der Waals surface area contributed by atoms with Gasteiger partial charge in [0.2, 0.25) is 5.91 Å². The third kappa shape index (κ3) is 6.36. The van der Waals surface area contributed by atoms with Crippen LogP contribution in [0.5, 0.6) is 0 Å². The lowest BCUT2D eigenvalue weighted by atomic mass is 10.0. The number of hydrogen-bond acceptors (Lipinski definition) is 4. The van der Waals surface area contributed by atoms with Gasteiger partial charge in [-0.25, -0.2) is 13.2 Å². The number of carbonyl (C=O) groups is 2. The number of sulfonamides is 1. The van der Waals surface area contributed by atoms with Gasteiger partial charge in [0.05, 0.1) is 10.6 Å². The van der Waals surface area contributed by atoms with E-state index < -0.39 is 22.2 Å². The lowest BCUT2D eigenvalue weighted by Gasteiger charge is -2.17. The summed E-state index contributed by atoms with van der Waals surface area (Å²) in [6, 6.07) is 11.2. The zero-order chi connectivity index (χ0) is 21.8. The SMILES string of the molecule is O=C(O)C(F)(F)F.O=C1CCc2cc(S(=O)(=O)Nc3cccc(Cl)c3)ccc2N1. The average molecular weight is 451 g/mol. The monoisotopic (exact) mass is 450 g/mol. The highest BCUT2D eigenvalue weighted by Gasteiger charge is 2.38. The number of benzene rings is 2. The van der Waals surface area contributed by atoms with E-state index in [0.717, 1.165) is 5.56 Å². The van der Waals surface area contributed by atoms with E-state index in [2.05, 4.69) is 10.0 Å². The number of aliphatic carboxylic acids is 1. The predicted molar refractivity (Wildman–Crippen MR) is 99.3 cm³/mol. The third-order valence-corrected chi connectivity index (χ3v) is 5.22. The molecule has 0 radical (unpaired) electrons. The van der Waals surface area contributed by atoms with Crippen LogP contribution in [0.1, 0.15) is 12.0 Å². The Morgan fingerprint density at radius 2 is 1.79 bits per heavy atom. The van der Waals surface area contributed by atoms with Crippen LogP contribution < -0.4 is 10.0 Å². The van der Waals surface area contributed by atoms with Crippen molar-refractivity contribution in [1.82, 2.24) is 0 Å². The summed E-state index contributed by atoms with van der Waals surface area (Å²) in [6.45, 7) is 0. The van der Waals surface area contributed by atoms with Crippen molar-refractivity contribution < 1.29 is 36.3 Å². The molecule has 3 rings (SSSR count). The molecule has 0 fully saturated rings. The fraction of sp³-hybridized carbons (Fsp3) is 0.176. The molecule has 0 saturated carbocycles. The highest BCUT2D eigenvalue weighted by atomic mass is 35.5. The van der Waals surface area contributed by atoms with E-state index in [0.29, 0.717) is 29.2 Å². The molecule has 2 aromatic carbocycles. The van der Waals surface area contributed by atoms with Gasteiger partial charge in [0.25, 0.3) is 10.0 Å². The number of carboxylic acid groups (broad SMARTS) is 1. The standard InChI is InChI=1S/C15H13ClN2O3S.C2HF3O2/c16-11-2-1-3-12(9-11)18-22(20,21)13-5-6-14-10(8-13)4-7-15(19)17-14;3-2(4,5)1(6)7/h1-3,5-6,8-9,18H,4,7H2,(H,17,19);(H,6,7). The minimum atomic E-state index is -5.08. The third-order valence-electron chi connectivity index (χ3n) is 3.60. The Morgan fingerprint density at radius 1 is 1.14 bits per heavy atom. The average Bonchev–Trinajstić information content (AvgIpc) is 2.60. The zero-order valence-corrected chi connectivity index (χ0v) is 16.0. The first kappa shape index (κ1) is 22.5. The topological polar surface area (TPSA) is 113 Å². The normalized spacial score (nSPS) is 13.4. The summed E-state index contributed by atoms with van der Waals surface area (Å²) in [7, 11) is -3.70. The van der Waals surface area contributed by atoms with E-state index in [1.807, 2.05) is 0 Å². The molecule has 7 nitrogen and oxygen atoms in total. The molecule has 0 atom stereocenters. The molecule has 0 saturated heterocycles. The maximum atomic E-state index is 12.4. The van der Waals surface area contributed by atoms with Crippen molar-refractivity contribution in [3.05, 3.63) is 53.1 Å². The number of amides is 1. The van der Waals surface area contributed by atoms with Crippen LogP contribution in [0.15, 0.2) is 47.4 Å². The number of alkyl halides is 3. The summed E-state index contributed by atoms with van der Waals surface area (Å²) >= 11 is 5.85. The van der Waals surface area contributed by atoms with Gasteiger partial charge in [-0.15, -0.1) is 0 Å². The first-order valence-corrected chi connectivity index (χ1v) is 9.76. The van der Waals surface area contributed by atoms with Crippen molar-refractivity contribution in [3.8, 4) is 0 Å². The molecular formula is C17H14ClF3N2O5S. The number of carbonyl (C=O) groups excluding carboxylic acids is 1. The lowest BCUT2D eigenvalue weighted by Crippen LogP contribution is -2.21. The number of nitrogens with one attached hydrogen (secondary N) is 2. The number of halogens is 4. The Bertz CT molecular complexity index is 1040. The van der Waals surface area contributed by atoms with E-state index in [1.165, 1.54) is 12.1 Å². The van der Waals surface area contributed by atoms with Crippen LogP contribution >= 0.6 is 11.6 Å². The Hall–Kier alpha value is -2.79. The van der Waals surface area contributed by atoms with Gasteiger partial charge in [-0.2, -0.15) is 13.2 Å².